The van der Waals surface area contributed by atoms with Crippen molar-refractivity contribution in [3.05, 3.63) is 39.4 Å². The molecule has 6 heteroatoms. The Labute approximate surface area is 118 Å². The van der Waals surface area contributed by atoms with Crippen LogP contribution in [0.3, 0.4) is 0 Å². The molecule has 0 aliphatic heterocycles. The summed E-state index contributed by atoms with van der Waals surface area (Å²) in [5.74, 6) is 1.91. The van der Waals surface area contributed by atoms with Crippen LogP contribution in [-0.2, 0) is 6.61 Å². The molecule has 0 atom stereocenters. The Bertz CT molecular complexity index is 543. The van der Waals surface area contributed by atoms with Crippen molar-refractivity contribution < 1.29 is 9.26 Å². The second-order valence-corrected chi connectivity index (χ2v) is 5.39. The predicted molar refractivity (Wildman–Crippen MR) is 71.9 cm³/mol. The summed E-state index contributed by atoms with van der Waals surface area (Å²) in [7, 11) is 0. The molecule has 0 radical (unpaired) electrons. The minimum atomic E-state index is 0.209. The Hall–Kier alpha value is -1.07. The Morgan fingerprint density at radius 1 is 1.44 bits per heavy atom. The molecule has 0 saturated carbocycles. The van der Waals surface area contributed by atoms with Crippen molar-refractivity contribution in [1.29, 1.82) is 0 Å². The number of ether oxygens (including phenoxy) is 1. The van der Waals surface area contributed by atoms with E-state index in [1.165, 1.54) is 0 Å². The van der Waals surface area contributed by atoms with Crippen LogP contribution in [0.5, 0.6) is 5.75 Å². The summed E-state index contributed by atoms with van der Waals surface area (Å²) >= 11 is 9.37. The lowest BCUT2D eigenvalue weighted by Crippen LogP contribution is -1.98. The standard InChI is InChI=1S/C12H12BrClN2O2/c1-7(2)12-15-11(16-18-12)6-17-10-5-8(13)3-4-9(10)14/h3-5,7H,6H2,1-2H3. The Morgan fingerprint density at radius 3 is 2.89 bits per heavy atom. The number of benzene rings is 1. The maximum absolute atomic E-state index is 6.01. The Kier molecular flexibility index (Phi) is 4.24. The van der Waals surface area contributed by atoms with Gasteiger partial charge in [-0.3, -0.25) is 0 Å². The van der Waals surface area contributed by atoms with E-state index in [0.29, 0.717) is 22.5 Å². The van der Waals surface area contributed by atoms with Gasteiger partial charge in [-0.05, 0) is 18.2 Å². The molecule has 0 aliphatic rings. The van der Waals surface area contributed by atoms with Crippen LogP contribution in [0.1, 0.15) is 31.5 Å². The van der Waals surface area contributed by atoms with E-state index in [0.717, 1.165) is 4.47 Å². The highest BCUT2D eigenvalue weighted by atomic mass is 79.9. The van der Waals surface area contributed by atoms with Crippen LogP contribution in [0, 0.1) is 0 Å². The number of hydrogen-bond donors (Lipinski definition) is 0. The molecular formula is C12H12BrClN2O2. The molecule has 18 heavy (non-hydrogen) atoms. The summed E-state index contributed by atoms with van der Waals surface area (Å²) < 4.78 is 11.5. The fourth-order valence-corrected chi connectivity index (χ4v) is 1.80. The zero-order chi connectivity index (χ0) is 13.1. The van der Waals surface area contributed by atoms with Crippen molar-refractivity contribution in [3.8, 4) is 5.75 Å². The monoisotopic (exact) mass is 330 g/mol. The van der Waals surface area contributed by atoms with Gasteiger partial charge in [0.05, 0.1) is 5.02 Å². The zero-order valence-electron chi connectivity index (χ0n) is 9.98. The van der Waals surface area contributed by atoms with Gasteiger partial charge in [0, 0.05) is 10.4 Å². The van der Waals surface area contributed by atoms with Gasteiger partial charge in [0.1, 0.15) is 5.75 Å². The molecular weight excluding hydrogens is 320 g/mol. The van der Waals surface area contributed by atoms with Crippen molar-refractivity contribution >= 4 is 27.5 Å². The molecule has 0 aliphatic carbocycles. The molecule has 2 aromatic rings. The number of nitrogens with zero attached hydrogens (tertiary/aromatic N) is 2. The first kappa shape index (κ1) is 13.4. The fourth-order valence-electron chi connectivity index (χ4n) is 1.29. The van der Waals surface area contributed by atoms with Crippen molar-refractivity contribution in [2.24, 2.45) is 0 Å². The number of rotatable bonds is 4. The topological polar surface area (TPSA) is 48.2 Å². The average molecular weight is 332 g/mol. The molecule has 0 saturated heterocycles. The van der Waals surface area contributed by atoms with E-state index in [9.17, 15) is 0 Å². The molecule has 0 spiro atoms. The van der Waals surface area contributed by atoms with Gasteiger partial charge >= 0.3 is 0 Å². The van der Waals surface area contributed by atoms with Gasteiger partial charge in [-0.25, -0.2) is 0 Å². The first-order chi connectivity index (χ1) is 8.56. The van der Waals surface area contributed by atoms with E-state index in [4.69, 9.17) is 20.9 Å². The highest BCUT2D eigenvalue weighted by molar-refractivity contribution is 9.10. The maximum atomic E-state index is 6.01. The van der Waals surface area contributed by atoms with Gasteiger partial charge in [-0.1, -0.05) is 46.5 Å². The van der Waals surface area contributed by atoms with E-state index in [-0.39, 0.29) is 12.5 Å². The van der Waals surface area contributed by atoms with Gasteiger partial charge in [-0.15, -0.1) is 0 Å². The van der Waals surface area contributed by atoms with Crippen LogP contribution in [0.25, 0.3) is 0 Å². The highest BCUT2D eigenvalue weighted by Crippen LogP contribution is 2.28. The molecule has 1 heterocycles. The van der Waals surface area contributed by atoms with Crippen LogP contribution in [-0.4, -0.2) is 10.1 Å². The van der Waals surface area contributed by atoms with E-state index in [2.05, 4.69) is 26.1 Å². The van der Waals surface area contributed by atoms with Gasteiger partial charge in [0.15, 0.2) is 6.61 Å². The Morgan fingerprint density at radius 2 is 2.22 bits per heavy atom. The summed E-state index contributed by atoms with van der Waals surface area (Å²) in [6.07, 6.45) is 0. The second kappa shape index (κ2) is 5.71. The van der Waals surface area contributed by atoms with Crippen molar-refractivity contribution in [1.82, 2.24) is 10.1 Å². The maximum Gasteiger partial charge on any atom is 0.229 e. The number of halogens is 2. The Balaban J connectivity index is 2.04. The minimum Gasteiger partial charge on any atom is -0.484 e. The summed E-state index contributed by atoms with van der Waals surface area (Å²) in [5.41, 5.74) is 0. The third kappa shape index (κ3) is 3.23. The minimum absolute atomic E-state index is 0.209. The third-order valence-corrected chi connectivity index (χ3v) is 3.03. The molecule has 1 aromatic carbocycles. The SMILES string of the molecule is CC(C)c1nc(COc2cc(Br)ccc2Cl)no1. The second-order valence-electron chi connectivity index (χ2n) is 4.07. The molecule has 0 bridgehead atoms. The molecule has 4 nitrogen and oxygen atoms in total. The van der Waals surface area contributed by atoms with Gasteiger partial charge in [-0.2, -0.15) is 4.98 Å². The molecule has 1 aromatic heterocycles. The first-order valence-electron chi connectivity index (χ1n) is 5.46. The number of aromatic nitrogens is 2. The summed E-state index contributed by atoms with van der Waals surface area (Å²) in [6, 6.07) is 5.41. The van der Waals surface area contributed by atoms with Crippen LogP contribution in [0.4, 0.5) is 0 Å². The normalized spacial score (nSPS) is 10.9. The summed E-state index contributed by atoms with van der Waals surface area (Å²) in [6.45, 7) is 4.21. The molecule has 96 valence electrons. The molecule has 0 amide bonds. The summed E-state index contributed by atoms with van der Waals surface area (Å²) in [4.78, 5) is 4.22. The smallest absolute Gasteiger partial charge is 0.229 e. The largest absolute Gasteiger partial charge is 0.484 e. The molecule has 0 unspecified atom stereocenters. The fraction of sp³-hybridized carbons (Fsp3) is 0.333. The lowest BCUT2D eigenvalue weighted by Gasteiger charge is -2.05. The molecule has 2 rings (SSSR count). The van der Waals surface area contributed by atoms with E-state index < -0.39 is 0 Å². The first-order valence-corrected chi connectivity index (χ1v) is 6.63. The molecule has 0 N–H and O–H groups in total. The lowest BCUT2D eigenvalue weighted by molar-refractivity contribution is 0.284. The summed E-state index contributed by atoms with van der Waals surface area (Å²) in [5, 5.41) is 4.39. The van der Waals surface area contributed by atoms with E-state index >= 15 is 0 Å². The predicted octanol–water partition coefficient (Wildman–Crippen LogP) is 4.19. The van der Waals surface area contributed by atoms with E-state index in [1.54, 1.807) is 12.1 Å². The van der Waals surface area contributed by atoms with Crippen LogP contribution < -0.4 is 4.74 Å². The van der Waals surface area contributed by atoms with Crippen LogP contribution in [0.15, 0.2) is 27.2 Å². The van der Waals surface area contributed by atoms with Crippen LogP contribution >= 0.6 is 27.5 Å². The average Bonchev–Trinajstić information content (AvgIpc) is 2.79. The van der Waals surface area contributed by atoms with Gasteiger partial charge < -0.3 is 9.26 Å². The quantitative estimate of drug-likeness (QED) is 0.843. The van der Waals surface area contributed by atoms with E-state index in [1.807, 2.05) is 19.9 Å². The van der Waals surface area contributed by atoms with Gasteiger partial charge in [0.2, 0.25) is 11.7 Å². The van der Waals surface area contributed by atoms with Crippen molar-refractivity contribution in [2.75, 3.05) is 0 Å². The molecule has 0 fully saturated rings. The highest BCUT2D eigenvalue weighted by Gasteiger charge is 2.11. The number of hydrogen-bond acceptors (Lipinski definition) is 4. The van der Waals surface area contributed by atoms with Crippen molar-refractivity contribution in [3.63, 3.8) is 0 Å². The lowest BCUT2D eigenvalue weighted by atomic mass is 10.2. The van der Waals surface area contributed by atoms with Gasteiger partial charge in [0.25, 0.3) is 0 Å². The van der Waals surface area contributed by atoms with Crippen LogP contribution in [0.2, 0.25) is 5.02 Å². The zero-order valence-corrected chi connectivity index (χ0v) is 12.3. The third-order valence-electron chi connectivity index (χ3n) is 2.23. The van der Waals surface area contributed by atoms with Crippen molar-refractivity contribution in [2.45, 2.75) is 26.4 Å².